The molecule has 2 aliphatic heterocycles. The molecule has 7 heteroatoms. The summed E-state index contributed by atoms with van der Waals surface area (Å²) >= 11 is 0. The maximum Gasteiger partial charge on any atom is 0.332 e. The van der Waals surface area contributed by atoms with Gasteiger partial charge in [0.2, 0.25) is 0 Å². The van der Waals surface area contributed by atoms with Crippen LogP contribution < -0.4 is 5.43 Å². The molecule has 2 unspecified atom stereocenters. The van der Waals surface area contributed by atoms with Gasteiger partial charge >= 0.3 is 12.0 Å². The summed E-state index contributed by atoms with van der Waals surface area (Å²) in [5, 5.41) is 11.1. The lowest BCUT2D eigenvalue weighted by Crippen LogP contribution is -2.55. The van der Waals surface area contributed by atoms with Gasteiger partial charge in [-0.1, -0.05) is 6.42 Å². The number of nitrogens with one attached hydrogen (secondary N) is 1. The van der Waals surface area contributed by atoms with E-state index in [9.17, 15) is 14.7 Å². The van der Waals surface area contributed by atoms with Crippen molar-refractivity contribution in [1.82, 2.24) is 15.3 Å². The van der Waals surface area contributed by atoms with E-state index in [-0.39, 0.29) is 25.3 Å². The summed E-state index contributed by atoms with van der Waals surface area (Å²) in [6.45, 7) is 4.50. The molecule has 0 bridgehead atoms. The molecular formula is C13H23N3O4. The van der Waals surface area contributed by atoms with Crippen LogP contribution in [-0.4, -0.2) is 65.9 Å². The molecule has 2 aliphatic rings. The van der Waals surface area contributed by atoms with Crippen LogP contribution in [0.15, 0.2) is 0 Å². The van der Waals surface area contributed by atoms with Crippen LogP contribution in [0.5, 0.6) is 0 Å². The number of urea groups is 1. The first kappa shape index (κ1) is 15.1. The summed E-state index contributed by atoms with van der Waals surface area (Å²) < 4.78 is 5.24. The second-order valence-electron chi connectivity index (χ2n) is 5.30. The predicted molar refractivity (Wildman–Crippen MR) is 72.1 cm³/mol. The number of aliphatic carboxylic acids is 1. The number of carboxylic acid groups (broad SMARTS) is 1. The van der Waals surface area contributed by atoms with Crippen molar-refractivity contribution in [2.45, 2.75) is 32.2 Å². The molecule has 0 aromatic heterocycles. The minimum atomic E-state index is -0.906. The van der Waals surface area contributed by atoms with E-state index in [0.29, 0.717) is 6.54 Å². The molecule has 0 saturated carbocycles. The van der Waals surface area contributed by atoms with Crippen molar-refractivity contribution in [1.29, 1.82) is 0 Å². The predicted octanol–water partition coefficient (Wildman–Crippen LogP) is 0.518. The SMILES string of the molecule is CCN(C(=O)NN1CCCCC1)C1COCC1C(=O)O. The summed E-state index contributed by atoms with van der Waals surface area (Å²) in [5.41, 5.74) is 2.88. The Balaban J connectivity index is 1.95. The molecule has 2 fully saturated rings. The van der Waals surface area contributed by atoms with Crippen LogP contribution in [0.4, 0.5) is 4.79 Å². The first-order valence-corrected chi connectivity index (χ1v) is 7.26. The summed E-state index contributed by atoms with van der Waals surface area (Å²) in [7, 11) is 0. The molecule has 2 atom stereocenters. The van der Waals surface area contributed by atoms with Crippen LogP contribution in [0.1, 0.15) is 26.2 Å². The topological polar surface area (TPSA) is 82.1 Å². The largest absolute Gasteiger partial charge is 0.481 e. The van der Waals surface area contributed by atoms with E-state index >= 15 is 0 Å². The third-order valence-corrected chi connectivity index (χ3v) is 3.98. The summed E-state index contributed by atoms with van der Waals surface area (Å²) in [5.74, 6) is -1.54. The monoisotopic (exact) mass is 285 g/mol. The number of carbonyl (C=O) groups is 2. The molecule has 0 spiro atoms. The first-order chi connectivity index (χ1) is 9.63. The van der Waals surface area contributed by atoms with E-state index in [1.807, 2.05) is 11.9 Å². The molecule has 2 saturated heterocycles. The number of rotatable bonds is 4. The Hall–Kier alpha value is -1.34. The van der Waals surface area contributed by atoms with Crippen LogP contribution in [0.3, 0.4) is 0 Å². The lowest BCUT2D eigenvalue weighted by atomic mass is 10.0. The Morgan fingerprint density at radius 2 is 2.00 bits per heavy atom. The van der Waals surface area contributed by atoms with Gasteiger partial charge in [-0.2, -0.15) is 0 Å². The van der Waals surface area contributed by atoms with Gasteiger partial charge < -0.3 is 14.7 Å². The van der Waals surface area contributed by atoms with Crippen molar-refractivity contribution in [3.63, 3.8) is 0 Å². The van der Waals surface area contributed by atoms with E-state index in [1.165, 1.54) is 6.42 Å². The third kappa shape index (κ3) is 3.40. The van der Waals surface area contributed by atoms with E-state index in [1.54, 1.807) is 4.90 Å². The zero-order valence-corrected chi connectivity index (χ0v) is 11.9. The lowest BCUT2D eigenvalue weighted by molar-refractivity contribution is -0.142. The van der Waals surface area contributed by atoms with Crippen molar-refractivity contribution in [3.8, 4) is 0 Å². The Morgan fingerprint density at radius 1 is 1.30 bits per heavy atom. The Bertz CT molecular complexity index is 358. The van der Waals surface area contributed by atoms with E-state index < -0.39 is 11.9 Å². The number of hydrazine groups is 1. The molecule has 2 heterocycles. The van der Waals surface area contributed by atoms with Crippen LogP contribution in [0.25, 0.3) is 0 Å². The molecule has 0 aromatic carbocycles. The van der Waals surface area contributed by atoms with Crippen molar-refractivity contribution in [3.05, 3.63) is 0 Å². The first-order valence-electron chi connectivity index (χ1n) is 7.26. The summed E-state index contributed by atoms with van der Waals surface area (Å²) in [6, 6.07) is -0.613. The normalized spacial score (nSPS) is 27.2. The molecule has 2 amide bonds. The molecule has 2 rings (SSSR count). The highest BCUT2D eigenvalue weighted by molar-refractivity contribution is 5.77. The van der Waals surface area contributed by atoms with Crippen molar-refractivity contribution in [2.75, 3.05) is 32.8 Å². The average molecular weight is 285 g/mol. The van der Waals surface area contributed by atoms with Gasteiger partial charge in [0.25, 0.3) is 0 Å². The second kappa shape index (κ2) is 6.90. The molecule has 0 aliphatic carbocycles. The fraction of sp³-hybridized carbons (Fsp3) is 0.846. The van der Waals surface area contributed by atoms with Gasteiger partial charge in [0.1, 0.15) is 5.92 Å². The zero-order valence-electron chi connectivity index (χ0n) is 11.9. The fourth-order valence-corrected chi connectivity index (χ4v) is 2.82. The van der Waals surface area contributed by atoms with Gasteiger partial charge in [-0.05, 0) is 19.8 Å². The molecule has 0 radical (unpaired) electrons. The Labute approximate surface area is 118 Å². The van der Waals surface area contributed by atoms with Crippen LogP contribution in [0, 0.1) is 5.92 Å². The highest BCUT2D eigenvalue weighted by Gasteiger charge is 2.39. The number of carboxylic acids is 1. The number of hydrogen-bond acceptors (Lipinski definition) is 4. The molecule has 7 nitrogen and oxygen atoms in total. The number of hydrogen-bond donors (Lipinski definition) is 2. The van der Waals surface area contributed by atoms with Crippen molar-refractivity contribution < 1.29 is 19.4 Å². The minimum Gasteiger partial charge on any atom is -0.481 e. The number of amides is 2. The van der Waals surface area contributed by atoms with Crippen LogP contribution >= 0.6 is 0 Å². The number of ether oxygens (including phenoxy) is 1. The van der Waals surface area contributed by atoms with Crippen LogP contribution in [0.2, 0.25) is 0 Å². The van der Waals surface area contributed by atoms with Gasteiger partial charge in [-0.15, -0.1) is 0 Å². The van der Waals surface area contributed by atoms with Gasteiger partial charge in [0.05, 0.1) is 19.3 Å². The Kier molecular flexibility index (Phi) is 5.19. The maximum absolute atomic E-state index is 12.3. The quantitative estimate of drug-likeness (QED) is 0.787. The number of piperidine rings is 1. The minimum absolute atomic E-state index is 0.174. The zero-order chi connectivity index (χ0) is 14.5. The lowest BCUT2D eigenvalue weighted by Gasteiger charge is -2.33. The van der Waals surface area contributed by atoms with Crippen molar-refractivity contribution >= 4 is 12.0 Å². The molecule has 114 valence electrons. The second-order valence-corrected chi connectivity index (χ2v) is 5.30. The van der Waals surface area contributed by atoms with E-state index in [2.05, 4.69) is 5.43 Å². The number of nitrogens with zero attached hydrogens (tertiary/aromatic N) is 2. The Morgan fingerprint density at radius 3 is 2.60 bits per heavy atom. The van der Waals surface area contributed by atoms with Crippen LogP contribution in [-0.2, 0) is 9.53 Å². The maximum atomic E-state index is 12.3. The molecular weight excluding hydrogens is 262 g/mol. The smallest absolute Gasteiger partial charge is 0.332 e. The van der Waals surface area contributed by atoms with Gasteiger partial charge in [-0.3, -0.25) is 10.2 Å². The number of likely N-dealkylation sites (N-methyl/N-ethyl adjacent to an activating group) is 1. The highest BCUT2D eigenvalue weighted by Crippen LogP contribution is 2.20. The average Bonchev–Trinajstić information content (AvgIpc) is 2.90. The number of carbonyl (C=O) groups excluding carboxylic acids is 1. The molecule has 20 heavy (non-hydrogen) atoms. The van der Waals surface area contributed by atoms with E-state index in [0.717, 1.165) is 25.9 Å². The van der Waals surface area contributed by atoms with E-state index in [4.69, 9.17) is 4.74 Å². The summed E-state index contributed by atoms with van der Waals surface area (Å²) in [4.78, 5) is 25.1. The van der Waals surface area contributed by atoms with Gasteiger partial charge in [-0.25, -0.2) is 9.80 Å². The van der Waals surface area contributed by atoms with Gasteiger partial charge in [0.15, 0.2) is 0 Å². The fourth-order valence-electron chi connectivity index (χ4n) is 2.82. The summed E-state index contributed by atoms with van der Waals surface area (Å²) in [6.07, 6.45) is 3.36. The molecule has 0 aromatic rings. The van der Waals surface area contributed by atoms with Crippen molar-refractivity contribution in [2.24, 2.45) is 5.92 Å². The molecule has 2 N–H and O–H groups in total. The standard InChI is InChI=1S/C13H23N3O4/c1-2-16(11-9-20-8-10(11)12(17)18)13(19)14-15-6-4-3-5-7-15/h10-11H,2-9H2,1H3,(H,14,19)(H,17,18). The third-order valence-electron chi connectivity index (χ3n) is 3.98. The highest BCUT2D eigenvalue weighted by atomic mass is 16.5. The van der Waals surface area contributed by atoms with Gasteiger partial charge in [0, 0.05) is 19.6 Å².